The maximum atomic E-state index is 5.28. The fourth-order valence-electron chi connectivity index (χ4n) is 2.97. The number of thiocarbonyl (C=S) groups is 1. The third-order valence-corrected chi connectivity index (χ3v) is 4.64. The first-order valence-electron chi connectivity index (χ1n) is 9.49. The number of fused-ring (bicyclic) bond motifs is 1. The maximum Gasteiger partial charge on any atom is 0.180 e. The molecule has 1 aromatic carbocycles. The third-order valence-electron chi connectivity index (χ3n) is 4.39. The molecule has 0 fully saturated rings. The Kier molecular flexibility index (Phi) is 5.80. The Morgan fingerprint density at radius 1 is 1.17 bits per heavy atom. The lowest BCUT2D eigenvalue weighted by Crippen LogP contribution is -2.28. The van der Waals surface area contributed by atoms with E-state index in [2.05, 4.69) is 30.7 Å². The smallest absolute Gasteiger partial charge is 0.180 e. The number of benzene rings is 1. The Bertz CT molecular complexity index is 1190. The van der Waals surface area contributed by atoms with Gasteiger partial charge >= 0.3 is 0 Å². The van der Waals surface area contributed by atoms with Crippen LogP contribution in [0.5, 0.6) is 5.75 Å². The summed E-state index contributed by atoms with van der Waals surface area (Å²) in [6.07, 6.45) is 5.45. The molecule has 0 bridgehead atoms. The van der Waals surface area contributed by atoms with Gasteiger partial charge in [0.1, 0.15) is 17.1 Å². The van der Waals surface area contributed by atoms with Crippen molar-refractivity contribution in [3.63, 3.8) is 0 Å². The van der Waals surface area contributed by atoms with Crippen molar-refractivity contribution in [3.8, 4) is 17.0 Å². The Balaban J connectivity index is 1.56. The van der Waals surface area contributed by atoms with Crippen LogP contribution in [0, 0.1) is 0 Å². The van der Waals surface area contributed by atoms with Gasteiger partial charge in [-0.05, 0) is 49.0 Å². The number of hydrogen-bond donors (Lipinski definition) is 2. The minimum atomic E-state index is 0.521. The summed E-state index contributed by atoms with van der Waals surface area (Å²) in [7, 11) is 1.66. The fourth-order valence-corrected chi connectivity index (χ4v) is 3.22. The molecule has 0 radical (unpaired) electrons. The van der Waals surface area contributed by atoms with E-state index in [1.54, 1.807) is 19.5 Å². The van der Waals surface area contributed by atoms with E-state index in [1.807, 2.05) is 54.2 Å². The number of ether oxygens (including phenoxy) is 1. The van der Waals surface area contributed by atoms with E-state index in [0.717, 1.165) is 23.4 Å². The number of pyridine rings is 1. The van der Waals surface area contributed by atoms with E-state index in [-0.39, 0.29) is 0 Å². The van der Waals surface area contributed by atoms with Crippen LogP contribution in [0.25, 0.3) is 22.4 Å². The van der Waals surface area contributed by atoms with Crippen molar-refractivity contribution in [3.05, 3.63) is 60.6 Å². The summed E-state index contributed by atoms with van der Waals surface area (Å²) in [5.74, 6) is 1.44. The molecule has 8 nitrogen and oxygen atoms in total. The average molecular weight is 420 g/mol. The van der Waals surface area contributed by atoms with Gasteiger partial charge in [-0.3, -0.25) is 9.67 Å². The lowest BCUT2D eigenvalue weighted by molar-refractivity contribution is 0.414. The molecule has 0 saturated carbocycles. The second-order valence-corrected chi connectivity index (χ2v) is 6.97. The Hall–Kier alpha value is -3.59. The van der Waals surface area contributed by atoms with Gasteiger partial charge in [-0.15, -0.1) is 0 Å². The van der Waals surface area contributed by atoms with E-state index >= 15 is 0 Å². The number of nitrogens with zero attached hydrogens (tertiary/aromatic N) is 5. The molecule has 30 heavy (non-hydrogen) atoms. The zero-order valence-electron chi connectivity index (χ0n) is 16.7. The summed E-state index contributed by atoms with van der Waals surface area (Å²) in [4.78, 5) is 13.7. The van der Waals surface area contributed by atoms with Gasteiger partial charge in [0, 0.05) is 18.3 Å². The topological polar surface area (TPSA) is 89.8 Å². The van der Waals surface area contributed by atoms with E-state index in [9.17, 15) is 0 Å². The molecule has 0 atom stereocenters. The molecule has 0 aliphatic rings. The number of aromatic nitrogens is 5. The van der Waals surface area contributed by atoms with Crippen molar-refractivity contribution < 1.29 is 4.74 Å². The maximum absolute atomic E-state index is 5.28. The third kappa shape index (κ3) is 4.52. The van der Waals surface area contributed by atoms with Crippen LogP contribution in [0.2, 0.25) is 0 Å². The van der Waals surface area contributed by atoms with Crippen molar-refractivity contribution >= 4 is 34.3 Å². The Morgan fingerprint density at radius 2 is 2.07 bits per heavy atom. The normalized spacial score (nSPS) is 10.7. The van der Waals surface area contributed by atoms with Gasteiger partial charge in [0.2, 0.25) is 0 Å². The number of nitrogens with one attached hydrogen (secondary N) is 2. The van der Waals surface area contributed by atoms with Crippen molar-refractivity contribution in [2.45, 2.75) is 13.5 Å². The van der Waals surface area contributed by atoms with Crippen molar-refractivity contribution in [1.29, 1.82) is 0 Å². The first kappa shape index (κ1) is 19.7. The fraction of sp³-hybridized carbons (Fsp3) is 0.190. The van der Waals surface area contributed by atoms with Gasteiger partial charge in [0.15, 0.2) is 10.8 Å². The molecule has 9 heteroatoms. The van der Waals surface area contributed by atoms with Crippen molar-refractivity contribution in [2.24, 2.45) is 0 Å². The first-order valence-corrected chi connectivity index (χ1v) is 9.90. The van der Waals surface area contributed by atoms with Crippen LogP contribution in [0.15, 0.2) is 55.0 Å². The molecule has 0 unspecified atom stereocenters. The second kappa shape index (κ2) is 8.83. The molecule has 3 heterocycles. The molecule has 152 valence electrons. The van der Waals surface area contributed by atoms with Crippen molar-refractivity contribution in [1.82, 2.24) is 30.0 Å². The monoisotopic (exact) mass is 419 g/mol. The molecule has 4 aromatic rings. The molecular weight excluding hydrogens is 398 g/mol. The lowest BCUT2D eigenvalue weighted by atomic mass is 10.2. The summed E-state index contributed by atoms with van der Waals surface area (Å²) < 4.78 is 7.14. The molecule has 0 aliphatic heterocycles. The van der Waals surface area contributed by atoms with Gasteiger partial charge in [-0.25, -0.2) is 9.97 Å². The molecule has 0 aliphatic carbocycles. The van der Waals surface area contributed by atoms with E-state index in [4.69, 9.17) is 17.0 Å². The minimum absolute atomic E-state index is 0.521. The molecule has 0 saturated heterocycles. The number of rotatable bonds is 6. The van der Waals surface area contributed by atoms with Crippen LogP contribution < -0.4 is 15.4 Å². The first-order chi connectivity index (χ1) is 14.6. The molecule has 0 spiro atoms. The van der Waals surface area contributed by atoms with Gasteiger partial charge in [-0.2, -0.15) is 5.10 Å². The van der Waals surface area contributed by atoms with Gasteiger partial charge in [0.25, 0.3) is 0 Å². The molecule has 3 aromatic heterocycles. The highest BCUT2D eigenvalue weighted by atomic mass is 32.1. The van der Waals surface area contributed by atoms with Crippen LogP contribution in [-0.2, 0) is 6.54 Å². The Morgan fingerprint density at radius 3 is 2.90 bits per heavy atom. The molecule has 0 amide bonds. The van der Waals surface area contributed by atoms with Gasteiger partial charge < -0.3 is 15.4 Å². The zero-order chi connectivity index (χ0) is 20.9. The number of anilines is 1. The predicted molar refractivity (Wildman–Crippen MR) is 121 cm³/mol. The van der Waals surface area contributed by atoms with Crippen LogP contribution in [-0.4, -0.2) is 43.5 Å². The highest BCUT2D eigenvalue weighted by molar-refractivity contribution is 7.80. The van der Waals surface area contributed by atoms with Crippen molar-refractivity contribution in [2.75, 3.05) is 19.0 Å². The highest BCUT2D eigenvalue weighted by Gasteiger charge is 2.08. The van der Waals surface area contributed by atoms with Crippen LogP contribution >= 0.6 is 12.2 Å². The average Bonchev–Trinajstić information content (AvgIpc) is 3.22. The summed E-state index contributed by atoms with van der Waals surface area (Å²) in [6, 6.07) is 11.6. The SMILES string of the molecule is CCNC(=S)Nc1ccc2ncc(-c3cnn(Cc4cccc(OC)c4)c3)nc2n1. The number of hydrogen-bond acceptors (Lipinski definition) is 6. The largest absolute Gasteiger partial charge is 0.497 e. The van der Waals surface area contributed by atoms with E-state index in [1.165, 1.54) is 0 Å². The quantitative estimate of drug-likeness (QED) is 0.461. The van der Waals surface area contributed by atoms with E-state index in [0.29, 0.717) is 34.3 Å². The summed E-state index contributed by atoms with van der Waals surface area (Å²) in [5.41, 5.74) is 3.93. The Labute approximate surface area is 179 Å². The van der Waals surface area contributed by atoms with Gasteiger partial charge in [0.05, 0.1) is 31.7 Å². The summed E-state index contributed by atoms with van der Waals surface area (Å²) in [6.45, 7) is 3.35. The highest BCUT2D eigenvalue weighted by Crippen LogP contribution is 2.20. The minimum Gasteiger partial charge on any atom is -0.497 e. The van der Waals surface area contributed by atoms with Crippen LogP contribution in [0.1, 0.15) is 12.5 Å². The van der Waals surface area contributed by atoms with Gasteiger partial charge in [-0.1, -0.05) is 12.1 Å². The van der Waals surface area contributed by atoms with Crippen LogP contribution in [0.3, 0.4) is 0 Å². The predicted octanol–water partition coefficient (Wildman–Crippen LogP) is 3.25. The van der Waals surface area contributed by atoms with E-state index < -0.39 is 0 Å². The van der Waals surface area contributed by atoms with Crippen LogP contribution in [0.4, 0.5) is 5.82 Å². The standard InChI is InChI=1S/C21H21N7OS/c1-3-22-21(30)27-19-8-7-17-20(26-19)25-18(11-23-17)15-10-24-28(13-15)12-14-5-4-6-16(9-14)29-2/h4-11,13H,3,12H2,1-2H3,(H2,22,25,26,27,30). The molecule has 2 N–H and O–H groups in total. The lowest BCUT2D eigenvalue weighted by Gasteiger charge is -2.08. The summed E-state index contributed by atoms with van der Waals surface area (Å²) in [5, 5.41) is 11.1. The molecule has 4 rings (SSSR count). The number of methoxy groups -OCH3 is 1. The summed E-state index contributed by atoms with van der Waals surface area (Å²) >= 11 is 5.22. The second-order valence-electron chi connectivity index (χ2n) is 6.56. The zero-order valence-corrected chi connectivity index (χ0v) is 17.5. The molecular formula is C21H21N7OS.